The van der Waals surface area contributed by atoms with Crippen LogP contribution in [-0.2, 0) is 11.3 Å². The van der Waals surface area contributed by atoms with E-state index >= 15 is 0 Å². The Morgan fingerprint density at radius 2 is 1.92 bits per heavy atom. The molecule has 24 heavy (non-hydrogen) atoms. The van der Waals surface area contributed by atoms with Gasteiger partial charge in [-0.05, 0) is 43.9 Å². The molecule has 2 aliphatic rings. The van der Waals surface area contributed by atoms with Crippen LogP contribution in [0.5, 0.6) is 0 Å². The molecule has 2 saturated heterocycles. The van der Waals surface area contributed by atoms with Crippen LogP contribution in [0.25, 0.3) is 0 Å². The van der Waals surface area contributed by atoms with Crippen molar-refractivity contribution < 1.29 is 9.53 Å². The van der Waals surface area contributed by atoms with Crippen LogP contribution in [0.15, 0.2) is 24.3 Å². The smallest absolute Gasteiger partial charge is 0.254 e. The molecule has 0 saturated carbocycles. The Morgan fingerprint density at radius 1 is 1.21 bits per heavy atom. The lowest BCUT2D eigenvalue weighted by molar-refractivity contribution is 0.0342. The molecule has 0 aliphatic carbocycles. The summed E-state index contributed by atoms with van der Waals surface area (Å²) in [6, 6.07) is 8.27. The van der Waals surface area contributed by atoms with E-state index in [1.807, 2.05) is 24.0 Å². The van der Waals surface area contributed by atoms with Crippen molar-refractivity contribution in [1.82, 2.24) is 9.80 Å². The zero-order chi connectivity index (χ0) is 16.9. The normalized spacial score (nSPS) is 23.9. The van der Waals surface area contributed by atoms with Crippen molar-refractivity contribution in [2.75, 3.05) is 32.8 Å². The van der Waals surface area contributed by atoms with Crippen molar-refractivity contribution >= 4 is 5.91 Å². The second-order valence-electron chi connectivity index (χ2n) is 7.01. The molecule has 2 unspecified atom stereocenters. The fourth-order valence-electron chi connectivity index (χ4n) is 3.69. The summed E-state index contributed by atoms with van der Waals surface area (Å²) in [5.41, 5.74) is 8.11. The molecule has 2 fully saturated rings. The van der Waals surface area contributed by atoms with Crippen LogP contribution in [0.3, 0.4) is 0 Å². The molecular formula is C19H29N3O2. The predicted molar refractivity (Wildman–Crippen MR) is 94.9 cm³/mol. The molecular weight excluding hydrogens is 302 g/mol. The highest BCUT2D eigenvalue weighted by molar-refractivity contribution is 5.94. The van der Waals surface area contributed by atoms with Gasteiger partial charge in [0, 0.05) is 43.8 Å². The number of likely N-dealkylation sites (tertiary alicyclic amines) is 1. The van der Waals surface area contributed by atoms with Gasteiger partial charge in [0.1, 0.15) is 0 Å². The molecule has 3 rings (SSSR count). The molecule has 0 spiro atoms. The minimum Gasteiger partial charge on any atom is -0.379 e. The number of ether oxygens (including phenoxy) is 1. The maximum atomic E-state index is 12.9. The van der Waals surface area contributed by atoms with Gasteiger partial charge in [-0.3, -0.25) is 9.69 Å². The Morgan fingerprint density at radius 3 is 2.58 bits per heavy atom. The van der Waals surface area contributed by atoms with Gasteiger partial charge in [0.15, 0.2) is 0 Å². The molecule has 132 valence electrons. The average Bonchev–Trinajstić information content (AvgIpc) is 2.62. The van der Waals surface area contributed by atoms with Gasteiger partial charge < -0.3 is 15.4 Å². The van der Waals surface area contributed by atoms with Gasteiger partial charge >= 0.3 is 0 Å². The fourth-order valence-corrected chi connectivity index (χ4v) is 3.69. The zero-order valence-electron chi connectivity index (χ0n) is 14.6. The van der Waals surface area contributed by atoms with E-state index < -0.39 is 0 Å². The fraction of sp³-hybridized carbons (Fsp3) is 0.632. The first-order valence-corrected chi connectivity index (χ1v) is 9.11. The van der Waals surface area contributed by atoms with E-state index in [4.69, 9.17) is 10.5 Å². The summed E-state index contributed by atoms with van der Waals surface area (Å²) in [5.74, 6) is 0.120. The number of benzene rings is 1. The van der Waals surface area contributed by atoms with E-state index in [0.29, 0.717) is 0 Å². The number of nitrogens with two attached hydrogens (primary N) is 1. The van der Waals surface area contributed by atoms with E-state index in [1.165, 1.54) is 5.56 Å². The first-order chi connectivity index (χ1) is 11.6. The van der Waals surface area contributed by atoms with E-state index in [2.05, 4.69) is 17.0 Å². The highest BCUT2D eigenvalue weighted by Gasteiger charge is 2.29. The molecule has 1 aromatic rings. The van der Waals surface area contributed by atoms with Gasteiger partial charge in [0.25, 0.3) is 5.91 Å². The summed E-state index contributed by atoms with van der Waals surface area (Å²) in [5, 5.41) is 0. The van der Waals surface area contributed by atoms with Gasteiger partial charge in [0.05, 0.1) is 13.2 Å². The van der Waals surface area contributed by atoms with Crippen molar-refractivity contribution in [3.63, 3.8) is 0 Å². The summed E-state index contributed by atoms with van der Waals surface area (Å²) < 4.78 is 5.38. The molecule has 5 nitrogen and oxygen atoms in total. The lowest BCUT2D eigenvalue weighted by Crippen LogP contribution is -2.51. The van der Waals surface area contributed by atoms with Crippen molar-refractivity contribution in [3.05, 3.63) is 35.4 Å². The molecule has 1 aromatic carbocycles. The van der Waals surface area contributed by atoms with Crippen LogP contribution in [0.2, 0.25) is 0 Å². The van der Waals surface area contributed by atoms with Gasteiger partial charge in [-0.15, -0.1) is 0 Å². The standard InChI is InChI=1S/C19H29N3O2/c1-15(20)18-4-2-3-9-22(18)19(23)17-7-5-16(6-8-17)14-21-10-12-24-13-11-21/h5-8,15,18H,2-4,9-14,20H2,1H3. The first kappa shape index (κ1) is 17.4. The van der Waals surface area contributed by atoms with Crippen LogP contribution in [0.1, 0.15) is 42.1 Å². The minimum absolute atomic E-state index is 0.0230. The van der Waals surface area contributed by atoms with Gasteiger partial charge in [-0.25, -0.2) is 0 Å². The third-order valence-electron chi connectivity index (χ3n) is 5.13. The molecule has 0 radical (unpaired) electrons. The summed E-state index contributed by atoms with van der Waals surface area (Å²) in [7, 11) is 0. The van der Waals surface area contributed by atoms with Crippen LogP contribution >= 0.6 is 0 Å². The first-order valence-electron chi connectivity index (χ1n) is 9.11. The van der Waals surface area contributed by atoms with Crippen molar-refractivity contribution in [2.24, 2.45) is 5.73 Å². The van der Waals surface area contributed by atoms with E-state index in [-0.39, 0.29) is 18.0 Å². The topological polar surface area (TPSA) is 58.8 Å². The molecule has 1 amide bonds. The van der Waals surface area contributed by atoms with Crippen molar-refractivity contribution in [1.29, 1.82) is 0 Å². The Kier molecular flexibility index (Phi) is 5.87. The summed E-state index contributed by atoms with van der Waals surface area (Å²) in [6.45, 7) is 7.32. The molecule has 2 heterocycles. The number of carbonyl (C=O) groups excluding carboxylic acids is 1. The van der Waals surface area contributed by atoms with Crippen LogP contribution in [0.4, 0.5) is 0 Å². The lowest BCUT2D eigenvalue weighted by atomic mass is 9.96. The van der Waals surface area contributed by atoms with Crippen LogP contribution < -0.4 is 5.73 Å². The third-order valence-corrected chi connectivity index (χ3v) is 5.13. The number of piperidine rings is 1. The second kappa shape index (κ2) is 8.10. The SMILES string of the molecule is CC(N)C1CCCCN1C(=O)c1ccc(CN2CCOCC2)cc1. The number of hydrogen-bond donors (Lipinski definition) is 1. The number of morpholine rings is 1. The number of carbonyl (C=O) groups is 1. The highest BCUT2D eigenvalue weighted by atomic mass is 16.5. The third kappa shape index (κ3) is 4.15. The van der Waals surface area contributed by atoms with Gasteiger partial charge in [-0.2, -0.15) is 0 Å². The molecule has 2 aliphatic heterocycles. The molecule has 0 bridgehead atoms. The monoisotopic (exact) mass is 331 g/mol. The minimum atomic E-state index is 0.0230. The number of amides is 1. The van der Waals surface area contributed by atoms with Crippen molar-refractivity contribution in [3.8, 4) is 0 Å². The number of hydrogen-bond acceptors (Lipinski definition) is 4. The highest BCUT2D eigenvalue weighted by Crippen LogP contribution is 2.22. The molecule has 2 atom stereocenters. The maximum Gasteiger partial charge on any atom is 0.254 e. The summed E-state index contributed by atoms with van der Waals surface area (Å²) >= 11 is 0. The summed E-state index contributed by atoms with van der Waals surface area (Å²) in [6.07, 6.45) is 3.25. The molecule has 5 heteroatoms. The number of nitrogens with zero attached hydrogens (tertiary/aromatic N) is 2. The van der Waals surface area contributed by atoms with Crippen LogP contribution in [0, 0.1) is 0 Å². The molecule has 0 aromatic heterocycles. The zero-order valence-corrected chi connectivity index (χ0v) is 14.6. The maximum absolute atomic E-state index is 12.9. The Hall–Kier alpha value is -1.43. The lowest BCUT2D eigenvalue weighted by Gasteiger charge is -2.38. The van der Waals surface area contributed by atoms with E-state index in [1.54, 1.807) is 0 Å². The Balaban J connectivity index is 1.64. The van der Waals surface area contributed by atoms with Gasteiger partial charge in [-0.1, -0.05) is 12.1 Å². The molecule has 2 N–H and O–H groups in total. The van der Waals surface area contributed by atoms with E-state index in [0.717, 1.165) is 64.2 Å². The average molecular weight is 331 g/mol. The predicted octanol–water partition coefficient (Wildman–Crippen LogP) is 1.86. The van der Waals surface area contributed by atoms with Crippen molar-refractivity contribution in [2.45, 2.75) is 44.8 Å². The second-order valence-corrected chi connectivity index (χ2v) is 7.01. The largest absolute Gasteiger partial charge is 0.379 e. The van der Waals surface area contributed by atoms with Gasteiger partial charge in [0.2, 0.25) is 0 Å². The summed E-state index contributed by atoms with van der Waals surface area (Å²) in [4.78, 5) is 17.2. The Bertz CT molecular complexity index is 538. The Labute approximate surface area is 144 Å². The number of rotatable bonds is 4. The quantitative estimate of drug-likeness (QED) is 0.915. The van der Waals surface area contributed by atoms with E-state index in [9.17, 15) is 4.79 Å². The van der Waals surface area contributed by atoms with Crippen LogP contribution in [-0.4, -0.2) is 60.6 Å².